The second-order valence-corrected chi connectivity index (χ2v) is 6.57. The van der Waals surface area contributed by atoms with Crippen molar-refractivity contribution < 1.29 is 18.3 Å². The van der Waals surface area contributed by atoms with Gasteiger partial charge in [-0.1, -0.05) is 5.21 Å². The maximum atomic E-state index is 12.7. The summed E-state index contributed by atoms with van der Waals surface area (Å²) in [6.45, 7) is 3.30. The van der Waals surface area contributed by atoms with E-state index in [9.17, 15) is 13.6 Å². The number of carbonyl (C=O) groups excluding carboxylic acids is 1. The van der Waals surface area contributed by atoms with Gasteiger partial charge in [0.05, 0.1) is 24.1 Å². The quantitative estimate of drug-likeness (QED) is 0.639. The number of rotatable bonds is 6. The number of aromatic nitrogens is 6. The summed E-state index contributed by atoms with van der Waals surface area (Å²) in [4.78, 5) is 17.1. The molecule has 30 heavy (non-hydrogen) atoms. The molecule has 4 heterocycles. The summed E-state index contributed by atoms with van der Waals surface area (Å²) < 4.78 is 32.6. The zero-order valence-corrected chi connectivity index (χ0v) is 16.0. The van der Waals surface area contributed by atoms with E-state index in [1.165, 1.54) is 23.0 Å². The third kappa shape index (κ3) is 4.16. The molecule has 1 saturated heterocycles. The lowest BCUT2D eigenvalue weighted by Crippen LogP contribution is -2.48. The number of hydrogen-bond acceptors (Lipinski definition) is 8. The molecule has 1 fully saturated rings. The van der Waals surface area contributed by atoms with Crippen LogP contribution in [0.15, 0.2) is 30.5 Å². The minimum absolute atomic E-state index is 0.0595. The van der Waals surface area contributed by atoms with Gasteiger partial charge in [0.15, 0.2) is 5.82 Å². The number of halogens is 2. The second kappa shape index (κ2) is 8.35. The minimum atomic E-state index is -2.64. The van der Waals surface area contributed by atoms with E-state index in [4.69, 9.17) is 4.74 Å². The Morgan fingerprint density at radius 1 is 1.20 bits per heavy atom. The van der Waals surface area contributed by atoms with Crippen LogP contribution >= 0.6 is 0 Å². The van der Waals surface area contributed by atoms with E-state index in [0.29, 0.717) is 41.9 Å². The largest absolute Gasteiger partial charge is 0.470 e. The van der Waals surface area contributed by atoms with Crippen molar-refractivity contribution >= 4 is 11.7 Å². The highest BCUT2D eigenvalue weighted by Crippen LogP contribution is 2.20. The van der Waals surface area contributed by atoms with Crippen LogP contribution in [0.2, 0.25) is 0 Å². The van der Waals surface area contributed by atoms with Crippen molar-refractivity contribution in [3.63, 3.8) is 0 Å². The number of aryl methyl sites for hydroxylation is 1. The Kier molecular flexibility index (Phi) is 5.46. The third-order valence-electron chi connectivity index (χ3n) is 4.54. The SMILES string of the molecule is Cc1nnn(-c2ccc(C(F)F)nc2)c1COc1ccc(N2CCNC(=O)C2)nn1. The summed E-state index contributed by atoms with van der Waals surface area (Å²) in [6.07, 6.45) is -1.33. The highest BCUT2D eigenvalue weighted by atomic mass is 19.3. The number of piperazine rings is 1. The Hall–Kier alpha value is -3.70. The van der Waals surface area contributed by atoms with Gasteiger partial charge in [-0.15, -0.1) is 15.3 Å². The van der Waals surface area contributed by atoms with Gasteiger partial charge in [0.2, 0.25) is 11.8 Å². The third-order valence-corrected chi connectivity index (χ3v) is 4.54. The number of alkyl halides is 2. The molecule has 0 radical (unpaired) electrons. The molecule has 0 spiro atoms. The molecular formula is C18H18F2N8O2. The summed E-state index contributed by atoms with van der Waals surface area (Å²) in [5.74, 6) is 0.819. The standard InChI is InChI=1S/C18H18F2N8O2/c1-11-14(28(26-23-11)12-2-3-13(18(19)20)22-8-12)10-30-17-5-4-15(24-25-17)27-7-6-21-16(29)9-27/h2-5,8,18H,6-7,9-10H2,1H3,(H,21,29). The molecule has 0 aliphatic carbocycles. The van der Waals surface area contributed by atoms with E-state index in [2.05, 4.69) is 30.8 Å². The van der Waals surface area contributed by atoms with Crippen LogP contribution in [0, 0.1) is 6.92 Å². The van der Waals surface area contributed by atoms with Crippen LogP contribution in [-0.4, -0.2) is 55.7 Å². The van der Waals surface area contributed by atoms with Gasteiger partial charge < -0.3 is 15.0 Å². The first-order valence-corrected chi connectivity index (χ1v) is 9.15. The average Bonchev–Trinajstić information content (AvgIpc) is 3.13. The van der Waals surface area contributed by atoms with Crippen LogP contribution in [0.4, 0.5) is 14.6 Å². The van der Waals surface area contributed by atoms with Crippen molar-refractivity contribution in [3.8, 4) is 11.6 Å². The summed E-state index contributed by atoms with van der Waals surface area (Å²) in [5, 5.41) is 19.0. The maximum absolute atomic E-state index is 12.7. The lowest BCUT2D eigenvalue weighted by atomic mass is 10.3. The molecule has 1 N–H and O–H groups in total. The summed E-state index contributed by atoms with van der Waals surface area (Å²) in [6, 6.07) is 6.13. The van der Waals surface area contributed by atoms with E-state index in [-0.39, 0.29) is 24.8 Å². The second-order valence-electron chi connectivity index (χ2n) is 6.57. The molecule has 156 valence electrons. The van der Waals surface area contributed by atoms with Crippen molar-refractivity contribution in [1.29, 1.82) is 0 Å². The number of anilines is 1. The number of pyridine rings is 1. The Labute approximate surface area is 169 Å². The van der Waals surface area contributed by atoms with Gasteiger partial charge in [0.25, 0.3) is 6.43 Å². The Balaban J connectivity index is 1.45. The van der Waals surface area contributed by atoms with Gasteiger partial charge in [0.1, 0.15) is 18.0 Å². The highest BCUT2D eigenvalue weighted by Gasteiger charge is 2.18. The van der Waals surface area contributed by atoms with E-state index >= 15 is 0 Å². The molecule has 10 nitrogen and oxygen atoms in total. The maximum Gasteiger partial charge on any atom is 0.280 e. The van der Waals surface area contributed by atoms with Gasteiger partial charge in [-0.3, -0.25) is 9.78 Å². The van der Waals surface area contributed by atoms with Gasteiger partial charge in [-0.05, 0) is 25.1 Å². The van der Waals surface area contributed by atoms with Crippen molar-refractivity contribution in [1.82, 2.24) is 35.5 Å². The molecule has 4 rings (SSSR count). The van der Waals surface area contributed by atoms with Gasteiger partial charge in [-0.2, -0.15) is 0 Å². The van der Waals surface area contributed by atoms with Crippen LogP contribution in [0.25, 0.3) is 5.69 Å². The number of carbonyl (C=O) groups is 1. The topological polar surface area (TPSA) is 111 Å². The highest BCUT2D eigenvalue weighted by molar-refractivity contribution is 5.82. The van der Waals surface area contributed by atoms with Gasteiger partial charge in [-0.25, -0.2) is 13.5 Å². The van der Waals surface area contributed by atoms with Gasteiger partial charge in [0, 0.05) is 19.2 Å². The number of nitrogens with one attached hydrogen (secondary N) is 1. The van der Waals surface area contributed by atoms with E-state index in [0.717, 1.165) is 0 Å². The monoisotopic (exact) mass is 416 g/mol. The Bertz CT molecular complexity index is 1020. The molecular weight excluding hydrogens is 398 g/mol. The van der Waals surface area contributed by atoms with Crippen LogP contribution < -0.4 is 15.0 Å². The van der Waals surface area contributed by atoms with Gasteiger partial charge >= 0.3 is 0 Å². The Morgan fingerprint density at radius 3 is 2.73 bits per heavy atom. The van der Waals surface area contributed by atoms with Crippen LogP contribution in [-0.2, 0) is 11.4 Å². The Morgan fingerprint density at radius 2 is 2.07 bits per heavy atom. The number of hydrogen-bond donors (Lipinski definition) is 1. The number of nitrogens with zero attached hydrogens (tertiary/aromatic N) is 7. The van der Waals surface area contributed by atoms with Crippen molar-refractivity contribution in [2.24, 2.45) is 0 Å². The van der Waals surface area contributed by atoms with E-state index < -0.39 is 6.43 Å². The normalized spacial score (nSPS) is 14.1. The van der Waals surface area contributed by atoms with E-state index in [1.807, 2.05) is 4.90 Å². The first-order chi connectivity index (χ1) is 14.5. The van der Waals surface area contributed by atoms with Crippen LogP contribution in [0.5, 0.6) is 5.88 Å². The molecule has 12 heteroatoms. The predicted octanol–water partition coefficient (Wildman–Crippen LogP) is 1.21. The molecule has 3 aromatic heterocycles. The average molecular weight is 416 g/mol. The zero-order chi connectivity index (χ0) is 21.1. The fourth-order valence-electron chi connectivity index (χ4n) is 2.94. The summed E-state index contributed by atoms with van der Waals surface area (Å²) in [7, 11) is 0. The lowest BCUT2D eigenvalue weighted by molar-refractivity contribution is -0.120. The summed E-state index contributed by atoms with van der Waals surface area (Å²) >= 11 is 0. The minimum Gasteiger partial charge on any atom is -0.470 e. The molecule has 1 aliphatic rings. The molecule has 0 bridgehead atoms. The first kappa shape index (κ1) is 19.6. The van der Waals surface area contributed by atoms with Crippen LogP contribution in [0.1, 0.15) is 23.5 Å². The molecule has 0 unspecified atom stereocenters. The molecule has 1 amide bonds. The zero-order valence-electron chi connectivity index (χ0n) is 16.0. The molecule has 3 aromatic rings. The fourth-order valence-corrected chi connectivity index (χ4v) is 2.94. The molecule has 0 atom stereocenters. The van der Waals surface area contributed by atoms with Crippen molar-refractivity contribution in [2.75, 3.05) is 24.5 Å². The fraction of sp³-hybridized carbons (Fsp3) is 0.333. The lowest BCUT2D eigenvalue weighted by Gasteiger charge is -2.26. The van der Waals surface area contributed by atoms with Crippen molar-refractivity contribution in [3.05, 3.63) is 47.5 Å². The molecule has 0 saturated carbocycles. The smallest absolute Gasteiger partial charge is 0.280 e. The predicted molar refractivity (Wildman–Crippen MR) is 100 cm³/mol. The van der Waals surface area contributed by atoms with E-state index in [1.54, 1.807) is 19.1 Å². The molecule has 0 aromatic carbocycles. The van der Waals surface area contributed by atoms with Crippen LogP contribution in [0.3, 0.4) is 0 Å². The van der Waals surface area contributed by atoms with Crippen molar-refractivity contribution in [2.45, 2.75) is 20.0 Å². The molecule has 1 aliphatic heterocycles. The number of ether oxygens (including phenoxy) is 1. The summed E-state index contributed by atoms with van der Waals surface area (Å²) in [5.41, 5.74) is 1.43. The first-order valence-electron chi connectivity index (χ1n) is 9.15. The number of amides is 1.